The van der Waals surface area contributed by atoms with Crippen molar-refractivity contribution in [3.05, 3.63) is 36.1 Å². The number of ether oxygens (including phenoxy) is 1. The standard InChI is InChI=1S/C18H21BN2O6/c22-17(18(23)21-12-5-6-13(21)10-26-9-12)20-16(19(24)25)7-11-8-27-15-4-2-1-3-14(11)15/h1-4,8,12-13,16,24-25H,5-7,9-10H2,(H,20,22)/t12?,13?,16-/m0/s1. The molecule has 3 atom stereocenters. The molecule has 3 N–H and O–H groups in total. The molecule has 2 fully saturated rings. The minimum absolute atomic E-state index is 0.0858. The lowest BCUT2D eigenvalue weighted by Crippen LogP contribution is -2.57. The first kappa shape index (κ1) is 18.0. The number of hydrogen-bond donors (Lipinski definition) is 3. The summed E-state index contributed by atoms with van der Waals surface area (Å²) in [4.78, 5) is 26.7. The molecule has 2 unspecified atom stereocenters. The van der Waals surface area contributed by atoms with Gasteiger partial charge in [0, 0.05) is 5.39 Å². The summed E-state index contributed by atoms with van der Waals surface area (Å²) in [7, 11) is -1.81. The van der Waals surface area contributed by atoms with Gasteiger partial charge in [-0.1, -0.05) is 18.2 Å². The van der Waals surface area contributed by atoms with Gasteiger partial charge in [0.05, 0.1) is 37.5 Å². The molecule has 0 radical (unpaired) electrons. The molecule has 0 saturated carbocycles. The predicted molar refractivity (Wildman–Crippen MR) is 96.5 cm³/mol. The second kappa shape index (κ2) is 7.34. The number of rotatable bonds is 4. The Morgan fingerprint density at radius 3 is 2.63 bits per heavy atom. The van der Waals surface area contributed by atoms with Crippen molar-refractivity contribution in [1.29, 1.82) is 0 Å². The fraction of sp³-hybridized carbons (Fsp3) is 0.444. The third-order valence-electron chi connectivity index (χ3n) is 5.35. The van der Waals surface area contributed by atoms with Gasteiger partial charge in [-0.2, -0.15) is 0 Å². The van der Waals surface area contributed by atoms with Crippen LogP contribution in [0.4, 0.5) is 0 Å². The van der Waals surface area contributed by atoms with Gasteiger partial charge >= 0.3 is 18.9 Å². The number of morpholine rings is 1. The number of nitrogens with one attached hydrogen (secondary N) is 1. The average molecular weight is 372 g/mol. The Bertz CT molecular complexity index is 837. The summed E-state index contributed by atoms with van der Waals surface area (Å²) in [5.41, 5.74) is 1.40. The number of hydrogen-bond acceptors (Lipinski definition) is 6. The molecule has 2 aliphatic rings. The monoisotopic (exact) mass is 372 g/mol. The van der Waals surface area contributed by atoms with Gasteiger partial charge in [-0.25, -0.2) is 0 Å². The van der Waals surface area contributed by atoms with Gasteiger partial charge in [0.2, 0.25) is 0 Å². The van der Waals surface area contributed by atoms with E-state index in [0.29, 0.717) is 18.8 Å². The lowest BCUT2D eigenvalue weighted by atomic mass is 9.76. The first-order chi connectivity index (χ1) is 13.0. The molecule has 142 valence electrons. The molecule has 1 aromatic heterocycles. The molecule has 2 aromatic rings. The Kier molecular flexibility index (Phi) is 4.90. The van der Waals surface area contributed by atoms with Crippen molar-refractivity contribution in [1.82, 2.24) is 10.2 Å². The number of carbonyl (C=O) groups excluding carboxylic acids is 2. The number of carbonyl (C=O) groups is 2. The largest absolute Gasteiger partial charge is 0.475 e. The van der Waals surface area contributed by atoms with Crippen molar-refractivity contribution in [3.63, 3.8) is 0 Å². The Hall–Kier alpha value is -2.36. The van der Waals surface area contributed by atoms with Crippen LogP contribution in [0.1, 0.15) is 18.4 Å². The van der Waals surface area contributed by atoms with Crippen LogP contribution in [0.3, 0.4) is 0 Å². The van der Waals surface area contributed by atoms with Crippen LogP contribution in [0.25, 0.3) is 11.0 Å². The van der Waals surface area contributed by atoms with Gasteiger partial charge in [0.15, 0.2) is 0 Å². The van der Waals surface area contributed by atoms with Crippen LogP contribution in [0, 0.1) is 0 Å². The zero-order chi connectivity index (χ0) is 19.0. The second-order valence-corrected chi connectivity index (χ2v) is 7.09. The SMILES string of the molecule is O=C(N[C@@H](Cc1coc2ccccc12)B(O)O)C(=O)N1C2CCC1COC2. The quantitative estimate of drug-likeness (QED) is 0.509. The molecule has 0 aliphatic carbocycles. The van der Waals surface area contributed by atoms with Crippen molar-refractivity contribution in [2.45, 2.75) is 37.3 Å². The summed E-state index contributed by atoms with van der Waals surface area (Å²) in [6.45, 7) is 0.866. The van der Waals surface area contributed by atoms with E-state index in [1.807, 2.05) is 18.2 Å². The average Bonchev–Trinajstić information content (AvgIpc) is 3.18. The van der Waals surface area contributed by atoms with E-state index < -0.39 is 24.9 Å². The molecule has 2 aliphatic heterocycles. The van der Waals surface area contributed by atoms with E-state index in [9.17, 15) is 19.6 Å². The molecule has 3 heterocycles. The zero-order valence-corrected chi connectivity index (χ0v) is 14.7. The molecular weight excluding hydrogens is 351 g/mol. The van der Waals surface area contributed by atoms with E-state index >= 15 is 0 Å². The first-order valence-corrected chi connectivity index (χ1v) is 9.06. The highest BCUT2D eigenvalue weighted by Gasteiger charge is 2.43. The van der Waals surface area contributed by atoms with Gasteiger partial charge in [-0.05, 0) is 30.9 Å². The molecule has 1 aromatic carbocycles. The van der Waals surface area contributed by atoms with E-state index in [1.54, 1.807) is 11.0 Å². The van der Waals surface area contributed by atoms with Crippen LogP contribution >= 0.6 is 0 Å². The van der Waals surface area contributed by atoms with Gasteiger partial charge in [-0.15, -0.1) is 0 Å². The normalized spacial score (nSPS) is 22.7. The van der Waals surface area contributed by atoms with Crippen molar-refractivity contribution in [3.8, 4) is 0 Å². The smallest absolute Gasteiger partial charge is 0.464 e. The maximum Gasteiger partial charge on any atom is 0.475 e. The summed E-state index contributed by atoms with van der Waals surface area (Å²) in [5, 5.41) is 22.7. The molecule has 2 saturated heterocycles. The van der Waals surface area contributed by atoms with E-state index in [4.69, 9.17) is 9.15 Å². The summed E-state index contributed by atoms with van der Waals surface area (Å²) >= 11 is 0. The van der Waals surface area contributed by atoms with Crippen LogP contribution in [0.2, 0.25) is 0 Å². The van der Waals surface area contributed by atoms with Crippen molar-refractivity contribution >= 4 is 29.9 Å². The third kappa shape index (κ3) is 3.45. The number of para-hydroxylation sites is 1. The summed E-state index contributed by atoms with van der Waals surface area (Å²) in [6, 6.07) is 7.18. The molecule has 8 nitrogen and oxygen atoms in total. The fourth-order valence-corrected chi connectivity index (χ4v) is 3.97. The van der Waals surface area contributed by atoms with E-state index in [2.05, 4.69) is 5.32 Å². The highest BCUT2D eigenvalue weighted by molar-refractivity contribution is 6.45. The second-order valence-electron chi connectivity index (χ2n) is 7.09. The lowest BCUT2D eigenvalue weighted by Gasteiger charge is -2.34. The van der Waals surface area contributed by atoms with E-state index in [-0.39, 0.29) is 18.5 Å². The molecule has 27 heavy (non-hydrogen) atoms. The van der Waals surface area contributed by atoms with Crippen LogP contribution in [0.15, 0.2) is 34.9 Å². The Balaban J connectivity index is 1.46. The topological polar surface area (TPSA) is 112 Å². The maximum absolute atomic E-state index is 12.6. The van der Waals surface area contributed by atoms with Gasteiger partial charge < -0.3 is 29.4 Å². The van der Waals surface area contributed by atoms with E-state index in [0.717, 1.165) is 23.8 Å². The number of amides is 2. The van der Waals surface area contributed by atoms with Gasteiger partial charge in [0.1, 0.15) is 5.58 Å². The number of fused-ring (bicyclic) bond motifs is 3. The molecule has 2 amide bonds. The van der Waals surface area contributed by atoms with Crippen molar-refractivity contribution < 1.29 is 28.8 Å². The van der Waals surface area contributed by atoms with E-state index in [1.165, 1.54) is 6.26 Å². The molecular formula is C18H21BN2O6. The Morgan fingerprint density at radius 1 is 1.22 bits per heavy atom. The minimum atomic E-state index is -1.81. The van der Waals surface area contributed by atoms with Crippen molar-refractivity contribution in [2.75, 3.05) is 13.2 Å². The Labute approximate surface area is 156 Å². The summed E-state index contributed by atoms with van der Waals surface area (Å²) < 4.78 is 10.9. The number of benzene rings is 1. The number of furan rings is 1. The van der Waals surface area contributed by atoms with Gasteiger partial charge in [-0.3, -0.25) is 9.59 Å². The van der Waals surface area contributed by atoms with Crippen LogP contribution < -0.4 is 5.32 Å². The van der Waals surface area contributed by atoms with Gasteiger partial charge in [0.25, 0.3) is 0 Å². The molecule has 9 heteroatoms. The number of nitrogens with zero attached hydrogens (tertiary/aromatic N) is 1. The van der Waals surface area contributed by atoms with Crippen LogP contribution in [-0.2, 0) is 20.7 Å². The maximum atomic E-state index is 12.6. The first-order valence-electron chi connectivity index (χ1n) is 9.06. The summed E-state index contributed by atoms with van der Waals surface area (Å²) in [5.74, 6) is -2.51. The summed E-state index contributed by atoms with van der Waals surface area (Å²) in [6.07, 6.45) is 3.29. The molecule has 4 rings (SSSR count). The highest BCUT2D eigenvalue weighted by Crippen LogP contribution is 2.28. The highest BCUT2D eigenvalue weighted by atomic mass is 16.5. The molecule has 2 bridgehead atoms. The van der Waals surface area contributed by atoms with Crippen LogP contribution in [0.5, 0.6) is 0 Å². The van der Waals surface area contributed by atoms with Crippen molar-refractivity contribution in [2.24, 2.45) is 0 Å². The third-order valence-corrected chi connectivity index (χ3v) is 5.35. The molecule has 0 spiro atoms. The lowest BCUT2D eigenvalue weighted by molar-refractivity contribution is -0.152. The van der Waals surface area contributed by atoms with Crippen LogP contribution in [-0.4, -0.2) is 65.1 Å². The fourth-order valence-electron chi connectivity index (χ4n) is 3.97. The minimum Gasteiger partial charge on any atom is -0.464 e. The Morgan fingerprint density at radius 2 is 1.93 bits per heavy atom. The predicted octanol–water partition coefficient (Wildman–Crippen LogP) is -0.138. The zero-order valence-electron chi connectivity index (χ0n) is 14.7.